The van der Waals surface area contributed by atoms with Crippen molar-refractivity contribution in [3.05, 3.63) is 0 Å². The molecule has 0 radical (unpaired) electrons. The van der Waals surface area contributed by atoms with Crippen LogP contribution in [0.2, 0.25) is 0 Å². The Labute approximate surface area is 90.1 Å². The van der Waals surface area contributed by atoms with Gasteiger partial charge in [0.15, 0.2) is 0 Å². The van der Waals surface area contributed by atoms with Gasteiger partial charge in [-0.2, -0.15) is 0 Å². The average molecular weight is 217 g/mol. The van der Waals surface area contributed by atoms with E-state index >= 15 is 0 Å². The molecule has 0 aromatic carbocycles. The maximum Gasteiger partial charge on any atom is 0.396 e. The molecule has 15 heavy (non-hydrogen) atoms. The van der Waals surface area contributed by atoms with Gasteiger partial charge in [0, 0.05) is 7.11 Å². The van der Waals surface area contributed by atoms with Crippen LogP contribution < -0.4 is 5.32 Å². The summed E-state index contributed by atoms with van der Waals surface area (Å²) in [6, 6.07) is -0.128. The molecule has 0 bridgehead atoms. The zero-order chi connectivity index (χ0) is 11.7. The van der Waals surface area contributed by atoms with Gasteiger partial charge in [0.05, 0.1) is 19.3 Å². The van der Waals surface area contributed by atoms with E-state index in [0.717, 1.165) is 12.8 Å². The number of amides is 1. The smallest absolute Gasteiger partial charge is 0.396 e. The van der Waals surface area contributed by atoms with Gasteiger partial charge in [-0.25, -0.2) is 4.79 Å². The van der Waals surface area contributed by atoms with E-state index in [4.69, 9.17) is 4.74 Å². The van der Waals surface area contributed by atoms with Crippen molar-refractivity contribution in [2.24, 2.45) is 0 Å². The molecule has 0 aliphatic carbocycles. The Morgan fingerprint density at radius 2 is 2.00 bits per heavy atom. The maximum absolute atomic E-state index is 11.3. The van der Waals surface area contributed by atoms with Gasteiger partial charge in [0.2, 0.25) is 0 Å². The molecule has 0 aliphatic heterocycles. The molecule has 0 aromatic heterocycles. The molecule has 0 rings (SSSR count). The molecule has 88 valence electrons. The lowest BCUT2D eigenvalue weighted by molar-refractivity contribution is -0.155. The highest BCUT2D eigenvalue weighted by atomic mass is 16.5. The lowest BCUT2D eigenvalue weighted by Crippen LogP contribution is -2.42. The third-order valence-corrected chi connectivity index (χ3v) is 1.80. The van der Waals surface area contributed by atoms with E-state index in [-0.39, 0.29) is 12.6 Å². The molecule has 0 saturated heterocycles. The highest BCUT2D eigenvalue weighted by Crippen LogP contribution is 1.97. The van der Waals surface area contributed by atoms with Gasteiger partial charge in [-0.3, -0.25) is 4.79 Å². The summed E-state index contributed by atoms with van der Waals surface area (Å²) in [4.78, 5) is 22.3. The van der Waals surface area contributed by atoms with Crippen LogP contribution in [0.25, 0.3) is 0 Å². The first-order chi connectivity index (χ1) is 7.15. The minimum absolute atomic E-state index is 0.128. The average Bonchev–Trinajstić information content (AvgIpc) is 2.18. The fraction of sp³-hybridized carbons (Fsp3) is 0.800. The lowest BCUT2D eigenvalue weighted by atomic mass is 10.2. The van der Waals surface area contributed by atoms with Gasteiger partial charge >= 0.3 is 11.9 Å². The van der Waals surface area contributed by atoms with Crippen LogP contribution in [-0.4, -0.2) is 38.2 Å². The molecule has 1 unspecified atom stereocenters. The van der Waals surface area contributed by atoms with Gasteiger partial charge < -0.3 is 14.8 Å². The second-order valence-electron chi connectivity index (χ2n) is 3.13. The van der Waals surface area contributed by atoms with E-state index in [1.165, 1.54) is 0 Å². The zero-order valence-electron chi connectivity index (χ0n) is 9.54. The van der Waals surface area contributed by atoms with Gasteiger partial charge in [-0.05, 0) is 13.3 Å². The molecule has 5 nitrogen and oxygen atoms in total. The van der Waals surface area contributed by atoms with Crippen molar-refractivity contribution in [1.29, 1.82) is 0 Å². The Morgan fingerprint density at radius 1 is 1.33 bits per heavy atom. The van der Waals surface area contributed by atoms with Crippen LogP contribution in [0.5, 0.6) is 0 Å². The molecule has 1 amide bonds. The first-order valence-corrected chi connectivity index (χ1v) is 5.12. The molecule has 0 aromatic rings. The Bertz CT molecular complexity index is 200. The van der Waals surface area contributed by atoms with Gasteiger partial charge in [0.25, 0.3) is 0 Å². The van der Waals surface area contributed by atoms with Gasteiger partial charge in [-0.15, -0.1) is 0 Å². The topological polar surface area (TPSA) is 64.6 Å². The number of hydrogen-bond acceptors (Lipinski definition) is 4. The molecule has 0 saturated carbocycles. The SMILES string of the molecule is CCCC(COC)NC(=O)C(=O)OCC. The Kier molecular flexibility index (Phi) is 7.62. The number of esters is 1. The van der Waals surface area contributed by atoms with Crippen molar-refractivity contribution in [3.63, 3.8) is 0 Å². The fourth-order valence-electron chi connectivity index (χ4n) is 1.19. The summed E-state index contributed by atoms with van der Waals surface area (Å²) in [6.07, 6.45) is 1.69. The number of hydrogen-bond donors (Lipinski definition) is 1. The Balaban J connectivity index is 4.03. The van der Waals surface area contributed by atoms with Crippen molar-refractivity contribution in [3.8, 4) is 0 Å². The number of ether oxygens (including phenoxy) is 2. The summed E-state index contributed by atoms with van der Waals surface area (Å²) >= 11 is 0. The van der Waals surface area contributed by atoms with Crippen LogP contribution in [0.4, 0.5) is 0 Å². The number of rotatable bonds is 6. The second kappa shape index (κ2) is 8.23. The molecule has 0 fully saturated rings. The van der Waals surface area contributed by atoms with E-state index in [1.54, 1.807) is 14.0 Å². The first-order valence-electron chi connectivity index (χ1n) is 5.12. The number of carbonyl (C=O) groups is 2. The quantitative estimate of drug-likeness (QED) is 0.519. The van der Waals surface area contributed by atoms with E-state index in [2.05, 4.69) is 10.1 Å². The summed E-state index contributed by atoms with van der Waals surface area (Å²) in [5, 5.41) is 2.56. The highest BCUT2D eigenvalue weighted by Gasteiger charge is 2.18. The normalized spacial score (nSPS) is 11.9. The van der Waals surface area contributed by atoms with Crippen LogP contribution >= 0.6 is 0 Å². The zero-order valence-corrected chi connectivity index (χ0v) is 9.54. The Morgan fingerprint density at radius 3 is 2.47 bits per heavy atom. The van der Waals surface area contributed by atoms with Crippen molar-refractivity contribution in [2.75, 3.05) is 20.3 Å². The van der Waals surface area contributed by atoms with E-state index in [1.807, 2.05) is 6.92 Å². The maximum atomic E-state index is 11.3. The van der Waals surface area contributed by atoms with Crippen molar-refractivity contribution in [2.45, 2.75) is 32.7 Å². The molecule has 1 atom stereocenters. The molecule has 0 spiro atoms. The highest BCUT2D eigenvalue weighted by molar-refractivity contribution is 6.32. The second-order valence-corrected chi connectivity index (χ2v) is 3.13. The Hall–Kier alpha value is -1.10. The summed E-state index contributed by atoms with van der Waals surface area (Å²) in [7, 11) is 1.55. The monoisotopic (exact) mass is 217 g/mol. The molecule has 1 N–H and O–H groups in total. The fourth-order valence-corrected chi connectivity index (χ4v) is 1.19. The standard InChI is InChI=1S/C10H19NO4/c1-4-6-8(7-14-3)11-9(12)10(13)15-5-2/h8H,4-7H2,1-3H3,(H,11,12). The van der Waals surface area contributed by atoms with Crippen molar-refractivity contribution >= 4 is 11.9 Å². The van der Waals surface area contributed by atoms with Gasteiger partial charge in [-0.1, -0.05) is 13.3 Å². The number of methoxy groups -OCH3 is 1. The van der Waals surface area contributed by atoms with Gasteiger partial charge in [0.1, 0.15) is 0 Å². The number of carbonyl (C=O) groups excluding carboxylic acids is 2. The summed E-state index contributed by atoms with van der Waals surface area (Å²) < 4.78 is 9.50. The predicted octanol–water partition coefficient (Wildman–Crippen LogP) is 0.481. The minimum Gasteiger partial charge on any atom is -0.459 e. The third-order valence-electron chi connectivity index (χ3n) is 1.80. The molecular weight excluding hydrogens is 198 g/mol. The van der Waals surface area contributed by atoms with Crippen LogP contribution in [0, 0.1) is 0 Å². The first kappa shape index (κ1) is 13.9. The van der Waals surface area contributed by atoms with E-state index in [9.17, 15) is 9.59 Å². The van der Waals surface area contributed by atoms with Crippen molar-refractivity contribution < 1.29 is 19.1 Å². The summed E-state index contributed by atoms with van der Waals surface area (Å²) in [6.45, 7) is 4.26. The summed E-state index contributed by atoms with van der Waals surface area (Å²) in [5.74, 6) is -1.54. The third kappa shape index (κ3) is 6.06. The number of nitrogens with one attached hydrogen (secondary N) is 1. The predicted molar refractivity (Wildman–Crippen MR) is 55.3 cm³/mol. The largest absolute Gasteiger partial charge is 0.459 e. The summed E-state index contributed by atoms with van der Waals surface area (Å²) in [5.41, 5.74) is 0. The minimum atomic E-state index is -0.838. The molecule has 0 aliphatic rings. The van der Waals surface area contributed by atoms with Crippen LogP contribution in [0.15, 0.2) is 0 Å². The van der Waals surface area contributed by atoms with Crippen LogP contribution in [0.3, 0.4) is 0 Å². The molecule has 0 heterocycles. The van der Waals surface area contributed by atoms with Crippen LogP contribution in [0.1, 0.15) is 26.7 Å². The lowest BCUT2D eigenvalue weighted by Gasteiger charge is -2.16. The molecular formula is C10H19NO4. The molecule has 5 heteroatoms. The van der Waals surface area contributed by atoms with E-state index < -0.39 is 11.9 Å². The van der Waals surface area contributed by atoms with Crippen molar-refractivity contribution in [1.82, 2.24) is 5.32 Å². The van der Waals surface area contributed by atoms with Crippen LogP contribution in [-0.2, 0) is 19.1 Å². The van der Waals surface area contributed by atoms with E-state index in [0.29, 0.717) is 6.61 Å².